The van der Waals surface area contributed by atoms with Crippen molar-refractivity contribution in [2.75, 3.05) is 6.54 Å². The van der Waals surface area contributed by atoms with Crippen LogP contribution in [-0.4, -0.2) is 33.1 Å². The molecule has 4 rings (SSSR count). The quantitative estimate of drug-likeness (QED) is 0.526. The van der Waals surface area contributed by atoms with Crippen LogP contribution in [0.4, 0.5) is 0 Å². The van der Waals surface area contributed by atoms with Crippen LogP contribution in [-0.2, 0) is 13.0 Å². The summed E-state index contributed by atoms with van der Waals surface area (Å²) in [6.45, 7) is 1.25. The normalized spacial score (nSPS) is 15.6. The first kappa shape index (κ1) is 16.6. The van der Waals surface area contributed by atoms with Gasteiger partial charge in [-0.15, -0.1) is 10.2 Å². The molecule has 2 N–H and O–H groups in total. The second-order valence-electron chi connectivity index (χ2n) is 6.59. The Labute approximate surface area is 152 Å². The molecule has 3 heterocycles. The van der Waals surface area contributed by atoms with Gasteiger partial charge in [0.05, 0.1) is 6.26 Å². The lowest BCUT2D eigenvalue weighted by molar-refractivity contribution is 0.506. The SMILES string of the molecule is c1coc(CCNC(=NCc2nnc3ccccn23)NC2CCCC2)c1. The maximum atomic E-state index is 5.39. The van der Waals surface area contributed by atoms with Crippen molar-refractivity contribution in [3.63, 3.8) is 0 Å². The van der Waals surface area contributed by atoms with Gasteiger partial charge in [-0.05, 0) is 37.1 Å². The highest BCUT2D eigenvalue weighted by molar-refractivity contribution is 5.80. The molecule has 1 saturated carbocycles. The number of hydrogen-bond acceptors (Lipinski definition) is 4. The van der Waals surface area contributed by atoms with Crippen molar-refractivity contribution in [2.24, 2.45) is 4.99 Å². The molecule has 0 amide bonds. The number of nitrogens with one attached hydrogen (secondary N) is 2. The lowest BCUT2D eigenvalue weighted by Crippen LogP contribution is -2.43. The fourth-order valence-electron chi connectivity index (χ4n) is 3.32. The topological polar surface area (TPSA) is 79.8 Å². The first-order valence-corrected chi connectivity index (χ1v) is 9.24. The van der Waals surface area contributed by atoms with Gasteiger partial charge in [0, 0.05) is 25.2 Å². The van der Waals surface area contributed by atoms with E-state index in [2.05, 4.69) is 20.8 Å². The van der Waals surface area contributed by atoms with Crippen molar-refractivity contribution in [3.05, 3.63) is 54.4 Å². The highest BCUT2D eigenvalue weighted by Gasteiger charge is 2.16. The van der Waals surface area contributed by atoms with E-state index in [4.69, 9.17) is 9.41 Å². The minimum Gasteiger partial charge on any atom is -0.469 e. The van der Waals surface area contributed by atoms with Gasteiger partial charge in [0.15, 0.2) is 17.4 Å². The van der Waals surface area contributed by atoms with E-state index < -0.39 is 0 Å². The summed E-state index contributed by atoms with van der Waals surface area (Å²) < 4.78 is 7.37. The van der Waals surface area contributed by atoms with Crippen LogP contribution in [0.25, 0.3) is 5.65 Å². The maximum absolute atomic E-state index is 5.39. The van der Waals surface area contributed by atoms with Crippen molar-refractivity contribution in [1.29, 1.82) is 0 Å². The van der Waals surface area contributed by atoms with Crippen molar-refractivity contribution in [1.82, 2.24) is 25.2 Å². The molecule has 7 nitrogen and oxygen atoms in total. The monoisotopic (exact) mass is 352 g/mol. The number of guanidine groups is 1. The van der Waals surface area contributed by atoms with Gasteiger partial charge in [0.2, 0.25) is 0 Å². The van der Waals surface area contributed by atoms with E-state index in [9.17, 15) is 0 Å². The van der Waals surface area contributed by atoms with Crippen LogP contribution in [0.5, 0.6) is 0 Å². The third-order valence-corrected chi connectivity index (χ3v) is 4.70. The molecule has 1 aliphatic rings. The summed E-state index contributed by atoms with van der Waals surface area (Å²) >= 11 is 0. The highest BCUT2D eigenvalue weighted by atomic mass is 16.3. The van der Waals surface area contributed by atoms with Gasteiger partial charge in [-0.1, -0.05) is 18.9 Å². The Bertz CT molecular complexity index is 848. The fourth-order valence-corrected chi connectivity index (χ4v) is 3.32. The number of aromatic nitrogens is 3. The van der Waals surface area contributed by atoms with Gasteiger partial charge in [0.1, 0.15) is 12.3 Å². The van der Waals surface area contributed by atoms with E-state index in [1.54, 1.807) is 6.26 Å². The van der Waals surface area contributed by atoms with Crippen molar-refractivity contribution < 1.29 is 4.42 Å². The molecule has 0 spiro atoms. The molecule has 7 heteroatoms. The molecule has 3 aromatic rings. The molecule has 0 bridgehead atoms. The van der Waals surface area contributed by atoms with E-state index in [-0.39, 0.29) is 0 Å². The zero-order chi connectivity index (χ0) is 17.6. The first-order valence-electron chi connectivity index (χ1n) is 9.24. The predicted octanol–water partition coefficient (Wildman–Crippen LogP) is 2.54. The van der Waals surface area contributed by atoms with E-state index >= 15 is 0 Å². The van der Waals surface area contributed by atoms with Crippen molar-refractivity contribution in [2.45, 2.75) is 44.7 Å². The summed E-state index contributed by atoms with van der Waals surface area (Å²) in [4.78, 5) is 4.74. The predicted molar refractivity (Wildman–Crippen MR) is 99.9 cm³/mol. The number of aliphatic imine (C=N–C) groups is 1. The second kappa shape index (κ2) is 8.03. The van der Waals surface area contributed by atoms with Gasteiger partial charge >= 0.3 is 0 Å². The molecule has 0 radical (unpaired) electrons. The Kier molecular flexibility index (Phi) is 5.14. The molecule has 0 aromatic carbocycles. The Morgan fingerprint density at radius 3 is 2.96 bits per heavy atom. The molecule has 26 heavy (non-hydrogen) atoms. The lowest BCUT2D eigenvalue weighted by Gasteiger charge is -2.17. The molecule has 3 aromatic heterocycles. The highest BCUT2D eigenvalue weighted by Crippen LogP contribution is 2.17. The van der Waals surface area contributed by atoms with E-state index in [1.165, 1.54) is 25.7 Å². The number of nitrogens with zero attached hydrogens (tertiary/aromatic N) is 4. The molecule has 0 unspecified atom stereocenters. The number of furan rings is 1. The van der Waals surface area contributed by atoms with E-state index in [0.717, 1.165) is 36.2 Å². The minimum atomic E-state index is 0.480. The summed E-state index contributed by atoms with van der Waals surface area (Å²) in [5, 5.41) is 15.4. The summed E-state index contributed by atoms with van der Waals surface area (Å²) in [7, 11) is 0. The standard InChI is InChI=1S/C19H24N6O/c1-2-7-15(6-1)22-19(20-11-10-16-8-5-13-26-16)21-14-18-24-23-17-9-3-4-12-25(17)18/h3-5,8-9,12-13,15H,1-2,6-7,10-11,14H2,(H2,20,21,22). The number of pyridine rings is 1. The summed E-state index contributed by atoms with van der Waals surface area (Å²) in [6.07, 6.45) is 9.47. The summed E-state index contributed by atoms with van der Waals surface area (Å²) in [6, 6.07) is 10.3. The molecule has 136 valence electrons. The van der Waals surface area contributed by atoms with Crippen LogP contribution < -0.4 is 10.6 Å². The Morgan fingerprint density at radius 2 is 2.12 bits per heavy atom. The molecule has 0 saturated heterocycles. The molecule has 0 aliphatic heterocycles. The van der Waals surface area contributed by atoms with Crippen molar-refractivity contribution >= 4 is 11.6 Å². The van der Waals surface area contributed by atoms with Crippen LogP contribution in [0.15, 0.2) is 52.2 Å². The van der Waals surface area contributed by atoms with Gasteiger partial charge in [-0.2, -0.15) is 0 Å². The zero-order valence-corrected chi connectivity index (χ0v) is 14.8. The molecular formula is C19H24N6O. The average Bonchev–Trinajstić information content (AvgIpc) is 3.42. The van der Waals surface area contributed by atoms with Gasteiger partial charge in [-0.3, -0.25) is 4.40 Å². The maximum Gasteiger partial charge on any atom is 0.191 e. The Hall–Kier alpha value is -2.83. The third-order valence-electron chi connectivity index (χ3n) is 4.70. The first-order chi connectivity index (χ1) is 12.9. The minimum absolute atomic E-state index is 0.480. The largest absolute Gasteiger partial charge is 0.469 e. The van der Waals surface area contributed by atoms with E-state index in [1.807, 2.05) is 40.9 Å². The van der Waals surface area contributed by atoms with Gasteiger partial charge < -0.3 is 15.1 Å². The smallest absolute Gasteiger partial charge is 0.191 e. The molecule has 1 fully saturated rings. The molecular weight excluding hydrogens is 328 g/mol. The Morgan fingerprint density at radius 1 is 1.19 bits per heavy atom. The van der Waals surface area contributed by atoms with Gasteiger partial charge in [0.25, 0.3) is 0 Å². The van der Waals surface area contributed by atoms with Crippen LogP contribution in [0, 0.1) is 0 Å². The lowest BCUT2D eigenvalue weighted by atomic mass is 10.2. The zero-order valence-electron chi connectivity index (χ0n) is 14.8. The van der Waals surface area contributed by atoms with Gasteiger partial charge in [-0.25, -0.2) is 4.99 Å². The number of fused-ring (bicyclic) bond motifs is 1. The van der Waals surface area contributed by atoms with Crippen LogP contribution >= 0.6 is 0 Å². The Balaban J connectivity index is 1.42. The summed E-state index contributed by atoms with van der Waals surface area (Å²) in [5.41, 5.74) is 0.841. The number of hydrogen-bond donors (Lipinski definition) is 2. The molecule has 0 atom stereocenters. The summed E-state index contributed by atoms with van der Waals surface area (Å²) in [5.74, 6) is 2.64. The number of rotatable bonds is 6. The van der Waals surface area contributed by atoms with E-state index in [0.29, 0.717) is 12.6 Å². The third kappa shape index (κ3) is 4.04. The van der Waals surface area contributed by atoms with Crippen molar-refractivity contribution in [3.8, 4) is 0 Å². The van der Waals surface area contributed by atoms with Crippen LogP contribution in [0.2, 0.25) is 0 Å². The van der Waals surface area contributed by atoms with Crippen LogP contribution in [0.3, 0.4) is 0 Å². The second-order valence-corrected chi connectivity index (χ2v) is 6.59. The fraction of sp³-hybridized carbons (Fsp3) is 0.421. The van der Waals surface area contributed by atoms with Crippen LogP contribution in [0.1, 0.15) is 37.3 Å². The average molecular weight is 352 g/mol. The molecule has 1 aliphatic carbocycles.